The van der Waals surface area contributed by atoms with Gasteiger partial charge in [0.05, 0.1) is 17.5 Å². The van der Waals surface area contributed by atoms with Crippen LogP contribution in [-0.4, -0.2) is 30.1 Å². The number of nitrogen functional groups attached to an aromatic ring is 1. The van der Waals surface area contributed by atoms with E-state index in [2.05, 4.69) is 5.32 Å². The zero-order valence-electron chi connectivity index (χ0n) is 11.2. The summed E-state index contributed by atoms with van der Waals surface area (Å²) in [5, 5.41) is 3.36. The Kier molecular flexibility index (Phi) is 6.01. The van der Waals surface area contributed by atoms with Crippen molar-refractivity contribution in [3.05, 3.63) is 23.2 Å². The van der Waals surface area contributed by atoms with E-state index < -0.39 is 0 Å². The normalized spacial score (nSPS) is 18.1. The molecule has 1 saturated heterocycles. The predicted molar refractivity (Wildman–Crippen MR) is 85.4 cm³/mol. The minimum absolute atomic E-state index is 0.0288. The van der Waals surface area contributed by atoms with E-state index in [0.717, 1.165) is 31.0 Å². The number of hydrogen-bond acceptors (Lipinski definition) is 4. The van der Waals surface area contributed by atoms with Crippen LogP contribution in [-0.2, 0) is 9.53 Å². The van der Waals surface area contributed by atoms with Crippen molar-refractivity contribution in [2.45, 2.75) is 25.4 Å². The van der Waals surface area contributed by atoms with E-state index in [9.17, 15) is 4.79 Å². The molecule has 0 aromatic heterocycles. The number of carbonyl (C=O) groups excluding carboxylic acids is 1. The maximum Gasteiger partial charge on any atom is 0.225 e. The van der Waals surface area contributed by atoms with Crippen LogP contribution < -0.4 is 11.1 Å². The lowest BCUT2D eigenvalue weighted by Crippen LogP contribution is -2.14. The lowest BCUT2D eigenvalue weighted by molar-refractivity contribution is -0.115. The second kappa shape index (κ2) is 7.76. The molecule has 110 valence electrons. The predicted octanol–water partition coefficient (Wildman–Crippen LogP) is 3.16. The largest absolute Gasteiger partial charge is 0.397 e. The molecule has 0 saturated carbocycles. The molecule has 1 atom stereocenters. The first kappa shape index (κ1) is 15.5. The van der Waals surface area contributed by atoms with Crippen molar-refractivity contribution >= 4 is 40.6 Å². The highest BCUT2D eigenvalue weighted by atomic mass is 35.5. The Morgan fingerprint density at radius 2 is 2.40 bits per heavy atom. The zero-order valence-corrected chi connectivity index (χ0v) is 12.8. The molecule has 4 nitrogen and oxygen atoms in total. The number of halogens is 1. The second-order valence-corrected chi connectivity index (χ2v) is 6.33. The monoisotopic (exact) mass is 314 g/mol. The number of rotatable bonds is 6. The number of benzene rings is 1. The average molecular weight is 315 g/mol. The fraction of sp³-hybridized carbons (Fsp3) is 0.500. The standard InChI is InChI=1S/C14H19ClN2O2S/c15-10-3-4-13(12(16)8-10)17-14(18)5-7-20-9-11-2-1-6-19-11/h3-4,8,11H,1-2,5-7,9,16H2,(H,17,18). The number of thioether (sulfide) groups is 1. The highest BCUT2D eigenvalue weighted by Gasteiger charge is 2.15. The third kappa shape index (κ3) is 4.89. The summed E-state index contributed by atoms with van der Waals surface area (Å²) in [5.74, 6) is 1.73. The first-order valence-electron chi connectivity index (χ1n) is 6.69. The Hall–Kier alpha value is -0.910. The Labute approximate surface area is 128 Å². The molecule has 1 aromatic carbocycles. The van der Waals surface area contributed by atoms with E-state index in [0.29, 0.717) is 28.9 Å². The number of ether oxygens (including phenoxy) is 1. The number of hydrogen-bond donors (Lipinski definition) is 2. The van der Waals surface area contributed by atoms with Gasteiger partial charge in [0.2, 0.25) is 5.91 Å². The number of carbonyl (C=O) groups is 1. The van der Waals surface area contributed by atoms with Crippen LogP contribution >= 0.6 is 23.4 Å². The van der Waals surface area contributed by atoms with Crippen molar-refractivity contribution < 1.29 is 9.53 Å². The Morgan fingerprint density at radius 3 is 3.10 bits per heavy atom. The molecular weight excluding hydrogens is 296 g/mol. The van der Waals surface area contributed by atoms with Gasteiger partial charge in [-0.3, -0.25) is 4.79 Å². The summed E-state index contributed by atoms with van der Waals surface area (Å²) in [6.45, 7) is 0.877. The Morgan fingerprint density at radius 1 is 1.55 bits per heavy atom. The number of amides is 1. The van der Waals surface area contributed by atoms with Gasteiger partial charge in [-0.2, -0.15) is 11.8 Å². The first-order chi connectivity index (χ1) is 9.65. The van der Waals surface area contributed by atoms with Gasteiger partial charge in [-0.15, -0.1) is 0 Å². The number of nitrogens with two attached hydrogens (primary N) is 1. The van der Waals surface area contributed by atoms with Crippen molar-refractivity contribution in [2.24, 2.45) is 0 Å². The lowest BCUT2D eigenvalue weighted by Gasteiger charge is -2.10. The van der Waals surface area contributed by atoms with E-state index >= 15 is 0 Å². The molecule has 0 aliphatic carbocycles. The molecule has 0 radical (unpaired) electrons. The highest BCUT2D eigenvalue weighted by molar-refractivity contribution is 7.99. The molecule has 2 rings (SSSR count). The van der Waals surface area contributed by atoms with Crippen molar-refractivity contribution in [2.75, 3.05) is 29.2 Å². The molecule has 1 aliphatic heterocycles. The van der Waals surface area contributed by atoms with Crippen molar-refractivity contribution in [1.29, 1.82) is 0 Å². The van der Waals surface area contributed by atoms with Gasteiger partial charge in [-0.1, -0.05) is 11.6 Å². The smallest absolute Gasteiger partial charge is 0.225 e. The number of anilines is 2. The molecule has 0 spiro atoms. The SMILES string of the molecule is Nc1cc(Cl)ccc1NC(=O)CCSCC1CCCO1. The van der Waals surface area contributed by atoms with Gasteiger partial charge in [-0.25, -0.2) is 0 Å². The molecule has 1 unspecified atom stereocenters. The molecule has 6 heteroatoms. The molecule has 1 heterocycles. The maximum atomic E-state index is 11.8. The van der Waals surface area contributed by atoms with Crippen LogP contribution in [0.15, 0.2) is 18.2 Å². The summed E-state index contributed by atoms with van der Waals surface area (Å²) in [6, 6.07) is 5.05. The third-order valence-electron chi connectivity index (χ3n) is 3.09. The minimum atomic E-state index is -0.0288. The molecule has 1 aromatic rings. The quantitative estimate of drug-likeness (QED) is 0.625. The number of nitrogens with one attached hydrogen (secondary N) is 1. The van der Waals surface area contributed by atoms with Crippen molar-refractivity contribution in [1.82, 2.24) is 0 Å². The fourth-order valence-electron chi connectivity index (χ4n) is 2.02. The van der Waals surface area contributed by atoms with Crippen LogP contribution in [0, 0.1) is 0 Å². The summed E-state index contributed by atoms with van der Waals surface area (Å²) in [7, 11) is 0. The second-order valence-electron chi connectivity index (χ2n) is 4.74. The maximum absolute atomic E-state index is 11.8. The highest BCUT2D eigenvalue weighted by Crippen LogP contribution is 2.23. The van der Waals surface area contributed by atoms with Gasteiger partial charge >= 0.3 is 0 Å². The van der Waals surface area contributed by atoms with E-state index in [-0.39, 0.29) is 5.91 Å². The Bertz CT molecular complexity index is 464. The van der Waals surface area contributed by atoms with Gasteiger partial charge < -0.3 is 15.8 Å². The molecule has 3 N–H and O–H groups in total. The summed E-state index contributed by atoms with van der Waals surface area (Å²) in [5.41, 5.74) is 6.88. The van der Waals surface area contributed by atoms with Gasteiger partial charge in [-0.05, 0) is 31.0 Å². The Balaban J connectivity index is 1.67. The molecule has 20 heavy (non-hydrogen) atoms. The van der Waals surface area contributed by atoms with Crippen LogP contribution in [0.4, 0.5) is 11.4 Å². The molecule has 0 bridgehead atoms. The molecule has 1 aliphatic rings. The summed E-state index contributed by atoms with van der Waals surface area (Å²) in [6.07, 6.45) is 3.14. The van der Waals surface area contributed by atoms with E-state index in [1.165, 1.54) is 0 Å². The molecule has 1 amide bonds. The van der Waals surface area contributed by atoms with Crippen LogP contribution in [0.2, 0.25) is 5.02 Å². The van der Waals surface area contributed by atoms with Gasteiger partial charge in [0, 0.05) is 29.6 Å². The van der Waals surface area contributed by atoms with Gasteiger partial charge in [0.15, 0.2) is 0 Å². The average Bonchev–Trinajstić information content (AvgIpc) is 2.91. The van der Waals surface area contributed by atoms with Crippen LogP contribution in [0.3, 0.4) is 0 Å². The van der Waals surface area contributed by atoms with Crippen LogP contribution in [0.5, 0.6) is 0 Å². The molecule has 1 fully saturated rings. The summed E-state index contributed by atoms with van der Waals surface area (Å²) in [4.78, 5) is 11.8. The zero-order chi connectivity index (χ0) is 14.4. The van der Waals surface area contributed by atoms with E-state index in [1.807, 2.05) is 0 Å². The third-order valence-corrected chi connectivity index (χ3v) is 4.42. The van der Waals surface area contributed by atoms with Gasteiger partial charge in [0.1, 0.15) is 0 Å². The van der Waals surface area contributed by atoms with E-state index in [1.54, 1.807) is 30.0 Å². The first-order valence-corrected chi connectivity index (χ1v) is 8.22. The lowest BCUT2D eigenvalue weighted by atomic mass is 10.2. The summed E-state index contributed by atoms with van der Waals surface area (Å²) < 4.78 is 5.53. The van der Waals surface area contributed by atoms with Crippen LogP contribution in [0.25, 0.3) is 0 Å². The van der Waals surface area contributed by atoms with Crippen molar-refractivity contribution in [3.8, 4) is 0 Å². The van der Waals surface area contributed by atoms with Gasteiger partial charge in [0.25, 0.3) is 0 Å². The molecular formula is C14H19ClN2O2S. The fourth-order valence-corrected chi connectivity index (χ4v) is 3.22. The van der Waals surface area contributed by atoms with Crippen molar-refractivity contribution in [3.63, 3.8) is 0 Å². The minimum Gasteiger partial charge on any atom is -0.397 e. The van der Waals surface area contributed by atoms with E-state index in [4.69, 9.17) is 22.1 Å². The summed E-state index contributed by atoms with van der Waals surface area (Å²) >= 11 is 7.57. The topological polar surface area (TPSA) is 64.3 Å². The van der Waals surface area contributed by atoms with Crippen LogP contribution in [0.1, 0.15) is 19.3 Å².